The number of nitrogens with one attached hydrogen (secondary N) is 1. The molecule has 8 heteroatoms. The van der Waals surface area contributed by atoms with Gasteiger partial charge in [-0.3, -0.25) is 10.1 Å². The van der Waals surface area contributed by atoms with Crippen LogP contribution < -0.4 is 5.32 Å². The van der Waals surface area contributed by atoms with Crippen molar-refractivity contribution in [2.75, 3.05) is 11.9 Å². The first kappa shape index (κ1) is 15.2. The van der Waals surface area contributed by atoms with Gasteiger partial charge < -0.3 is 9.30 Å². The van der Waals surface area contributed by atoms with Crippen molar-refractivity contribution in [3.8, 4) is 0 Å². The number of benzene rings is 1. The fraction of sp³-hybridized carbons (Fsp3) is 0.375. The molecular weight excluding hydrogens is 326 g/mol. The van der Waals surface area contributed by atoms with Gasteiger partial charge in [0.15, 0.2) is 0 Å². The Morgan fingerprint density at radius 3 is 3.12 bits per heavy atom. The number of nitrogens with zero attached hydrogens (tertiary/aromatic N) is 4. The van der Waals surface area contributed by atoms with Gasteiger partial charge in [-0.2, -0.15) is 0 Å². The lowest BCUT2D eigenvalue weighted by Crippen LogP contribution is -2.19. The van der Waals surface area contributed by atoms with E-state index in [-0.39, 0.29) is 18.6 Å². The molecule has 1 atom stereocenters. The van der Waals surface area contributed by atoms with E-state index in [2.05, 4.69) is 20.5 Å². The highest BCUT2D eigenvalue weighted by atomic mass is 32.1. The minimum absolute atomic E-state index is 0.0213. The first-order valence-corrected chi connectivity index (χ1v) is 8.69. The number of hydrogen-bond donors (Lipinski definition) is 1. The summed E-state index contributed by atoms with van der Waals surface area (Å²) in [5, 5.41) is 12.3. The lowest BCUT2D eigenvalue weighted by atomic mass is 10.2. The van der Waals surface area contributed by atoms with Crippen LogP contribution in [-0.4, -0.2) is 32.3 Å². The van der Waals surface area contributed by atoms with Crippen LogP contribution in [0.25, 0.3) is 11.0 Å². The molecule has 1 aromatic carbocycles. The first-order valence-electron chi connectivity index (χ1n) is 7.87. The number of anilines is 1. The van der Waals surface area contributed by atoms with Gasteiger partial charge >= 0.3 is 0 Å². The lowest BCUT2D eigenvalue weighted by molar-refractivity contribution is -0.116. The molecular formula is C16H17N5O2S. The van der Waals surface area contributed by atoms with Crippen LogP contribution in [0.2, 0.25) is 0 Å². The molecule has 1 fully saturated rings. The van der Waals surface area contributed by atoms with Crippen molar-refractivity contribution in [1.29, 1.82) is 0 Å². The minimum atomic E-state index is -0.142. The van der Waals surface area contributed by atoms with Crippen LogP contribution in [0, 0.1) is 6.92 Å². The van der Waals surface area contributed by atoms with Gasteiger partial charge in [0.05, 0.1) is 11.0 Å². The van der Waals surface area contributed by atoms with E-state index in [0.29, 0.717) is 5.13 Å². The number of fused-ring (bicyclic) bond motifs is 1. The quantitative estimate of drug-likeness (QED) is 0.787. The molecule has 0 saturated carbocycles. The van der Waals surface area contributed by atoms with Gasteiger partial charge in [0.1, 0.15) is 23.5 Å². The van der Waals surface area contributed by atoms with E-state index in [1.165, 1.54) is 11.3 Å². The second kappa shape index (κ2) is 6.29. The lowest BCUT2D eigenvalue weighted by Gasteiger charge is -2.06. The second-order valence-electron chi connectivity index (χ2n) is 5.73. The summed E-state index contributed by atoms with van der Waals surface area (Å²) in [6.45, 7) is 2.86. The Kier molecular flexibility index (Phi) is 3.99. The fourth-order valence-corrected chi connectivity index (χ4v) is 3.73. The summed E-state index contributed by atoms with van der Waals surface area (Å²) in [5.41, 5.74) is 1.84. The van der Waals surface area contributed by atoms with Crippen LogP contribution in [0.15, 0.2) is 24.3 Å². The number of ether oxygens (including phenoxy) is 1. The molecule has 1 N–H and O–H groups in total. The molecule has 24 heavy (non-hydrogen) atoms. The van der Waals surface area contributed by atoms with Crippen LogP contribution in [0.3, 0.4) is 0 Å². The normalized spacial score (nSPS) is 17.5. The molecule has 1 aliphatic rings. The zero-order valence-corrected chi connectivity index (χ0v) is 14.0. The Hall–Kier alpha value is -2.32. The van der Waals surface area contributed by atoms with E-state index in [0.717, 1.165) is 41.3 Å². The molecule has 1 saturated heterocycles. The number of para-hydroxylation sites is 2. The van der Waals surface area contributed by atoms with Crippen LogP contribution in [0.1, 0.15) is 29.8 Å². The van der Waals surface area contributed by atoms with Crippen molar-refractivity contribution in [2.45, 2.75) is 32.4 Å². The molecule has 3 heterocycles. The Morgan fingerprint density at radius 1 is 1.42 bits per heavy atom. The maximum Gasteiger partial charge on any atom is 0.246 e. The first-order chi connectivity index (χ1) is 11.7. The molecule has 4 rings (SSSR count). The predicted octanol–water partition coefficient (Wildman–Crippen LogP) is 2.69. The van der Waals surface area contributed by atoms with Crippen molar-refractivity contribution in [2.24, 2.45) is 0 Å². The van der Waals surface area contributed by atoms with Crippen molar-refractivity contribution in [1.82, 2.24) is 19.7 Å². The fourth-order valence-electron chi connectivity index (χ4n) is 2.89. The molecule has 2 aromatic heterocycles. The van der Waals surface area contributed by atoms with Gasteiger partial charge in [0.2, 0.25) is 11.0 Å². The Bertz CT molecular complexity index is 882. The molecule has 1 amide bonds. The van der Waals surface area contributed by atoms with E-state index in [1.807, 2.05) is 35.8 Å². The SMILES string of the molecule is Cc1nc2ccccc2n1CC(=O)Nc1nnc(C2CCCO2)s1. The maximum absolute atomic E-state index is 12.4. The second-order valence-corrected chi connectivity index (χ2v) is 6.74. The molecule has 7 nitrogen and oxygen atoms in total. The zero-order valence-electron chi connectivity index (χ0n) is 13.2. The van der Waals surface area contributed by atoms with Crippen molar-refractivity contribution in [3.05, 3.63) is 35.1 Å². The third-order valence-corrected chi connectivity index (χ3v) is 4.97. The van der Waals surface area contributed by atoms with Crippen molar-refractivity contribution < 1.29 is 9.53 Å². The standard InChI is InChI=1S/C16H17N5O2S/c1-10-17-11-5-2-3-6-12(11)21(10)9-14(22)18-16-20-19-15(24-16)13-7-4-8-23-13/h2-3,5-6,13H,4,7-9H2,1H3,(H,18,20,22). The van der Waals surface area contributed by atoms with Gasteiger partial charge in [-0.1, -0.05) is 23.5 Å². The topological polar surface area (TPSA) is 81.9 Å². The van der Waals surface area contributed by atoms with E-state index < -0.39 is 0 Å². The number of carbonyl (C=O) groups is 1. The van der Waals surface area contributed by atoms with E-state index >= 15 is 0 Å². The molecule has 0 radical (unpaired) electrons. The number of amides is 1. The highest BCUT2D eigenvalue weighted by molar-refractivity contribution is 7.15. The largest absolute Gasteiger partial charge is 0.371 e. The Labute approximate surface area is 142 Å². The van der Waals surface area contributed by atoms with Crippen molar-refractivity contribution in [3.63, 3.8) is 0 Å². The Morgan fingerprint density at radius 2 is 2.29 bits per heavy atom. The average molecular weight is 343 g/mol. The summed E-state index contributed by atoms with van der Waals surface area (Å²) in [7, 11) is 0. The number of hydrogen-bond acceptors (Lipinski definition) is 6. The summed E-state index contributed by atoms with van der Waals surface area (Å²) in [6, 6.07) is 7.78. The zero-order chi connectivity index (χ0) is 16.5. The smallest absolute Gasteiger partial charge is 0.246 e. The van der Waals surface area contributed by atoms with Crippen LogP contribution >= 0.6 is 11.3 Å². The number of aryl methyl sites for hydroxylation is 1. The summed E-state index contributed by atoms with van der Waals surface area (Å²) < 4.78 is 7.48. The average Bonchev–Trinajstić information content (AvgIpc) is 3.28. The van der Waals surface area contributed by atoms with E-state index in [4.69, 9.17) is 4.74 Å². The third kappa shape index (κ3) is 2.90. The summed E-state index contributed by atoms with van der Waals surface area (Å²) >= 11 is 1.37. The number of aromatic nitrogens is 4. The number of rotatable bonds is 4. The number of carbonyl (C=O) groups excluding carboxylic acids is 1. The van der Waals surface area contributed by atoms with Crippen LogP contribution in [0.5, 0.6) is 0 Å². The van der Waals surface area contributed by atoms with Gasteiger partial charge in [0.25, 0.3) is 0 Å². The Balaban J connectivity index is 1.47. The third-order valence-electron chi connectivity index (χ3n) is 4.04. The van der Waals surface area contributed by atoms with Gasteiger partial charge in [-0.05, 0) is 31.9 Å². The maximum atomic E-state index is 12.4. The molecule has 1 aliphatic heterocycles. The molecule has 0 bridgehead atoms. The van der Waals surface area contributed by atoms with Gasteiger partial charge in [-0.15, -0.1) is 10.2 Å². The number of imidazole rings is 1. The molecule has 3 aromatic rings. The molecule has 0 spiro atoms. The monoisotopic (exact) mass is 343 g/mol. The summed E-state index contributed by atoms with van der Waals surface area (Å²) in [6.07, 6.45) is 2.02. The summed E-state index contributed by atoms with van der Waals surface area (Å²) in [4.78, 5) is 16.8. The van der Waals surface area contributed by atoms with Gasteiger partial charge in [-0.25, -0.2) is 4.98 Å². The van der Waals surface area contributed by atoms with Crippen LogP contribution in [0.4, 0.5) is 5.13 Å². The van der Waals surface area contributed by atoms with Crippen LogP contribution in [-0.2, 0) is 16.1 Å². The van der Waals surface area contributed by atoms with E-state index in [9.17, 15) is 4.79 Å². The minimum Gasteiger partial charge on any atom is -0.371 e. The molecule has 124 valence electrons. The summed E-state index contributed by atoms with van der Waals surface area (Å²) in [5.74, 6) is 0.667. The highest BCUT2D eigenvalue weighted by Crippen LogP contribution is 2.31. The van der Waals surface area contributed by atoms with Gasteiger partial charge in [0, 0.05) is 6.61 Å². The predicted molar refractivity (Wildman–Crippen MR) is 90.9 cm³/mol. The highest BCUT2D eigenvalue weighted by Gasteiger charge is 2.22. The molecule has 1 unspecified atom stereocenters. The van der Waals surface area contributed by atoms with E-state index in [1.54, 1.807) is 0 Å². The molecule has 0 aliphatic carbocycles. The van der Waals surface area contributed by atoms with Crippen molar-refractivity contribution >= 4 is 33.4 Å².